The maximum Gasteiger partial charge on any atom is 0.243 e. The fourth-order valence-corrected chi connectivity index (χ4v) is 3.48. The molecule has 162 valence electrons. The first-order chi connectivity index (χ1) is 14.2. The second-order valence-corrected chi connectivity index (χ2v) is 8.06. The standard InChI is InChI=1S/C25H34N2O3/c1-7-23(25(29)26-17(2)3)27(16-20-10-12-22(30-6)13-11-20)24(28)15-21-14-18(4)8-9-19(21)5/h8-14,17,23H,7,15-16H2,1-6H3,(H,26,29)/t23-/m0/s1. The Labute approximate surface area is 180 Å². The average molecular weight is 411 g/mol. The maximum absolute atomic E-state index is 13.4. The van der Waals surface area contributed by atoms with E-state index < -0.39 is 6.04 Å². The summed E-state index contributed by atoms with van der Waals surface area (Å²) in [5.74, 6) is 0.595. The third-order valence-electron chi connectivity index (χ3n) is 5.18. The lowest BCUT2D eigenvalue weighted by atomic mass is 10.0. The largest absolute Gasteiger partial charge is 0.497 e. The Morgan fingerprint density at radius 3 is 2.30 bits per heavy atom. The summed E-state index contributed by atoms with van der Waals surface area (Å²) in [4.78, 5) is 28.0. The Hall–Kier alpha value is -2.82. The highest BCUT2D eigenvalue weighted by Gasteiger charge is 2.29. The number of amides is 2. The first kappa shape index (κ1) is 23.5. The van der Waals surface area contributed by atoms with Gasteiger partial charge in [-0.25, -0.2) is 0 Å². The molecule has 0 aliphatic carbocycles. The number of benzene rings is 2. The molecule has 5 heteroatoms. The number of nitrogens with zero attached hydrogens (tertiary/aromatic N) is 1. The van der Waals surface area contributed by atoms with Crippen LogP contribution in [0.3, 0.4) is 0 Å². The Bertz CT molecular complexity index is 859. The van der Waals surface area contributed by atoms with Gasteiger partial charge in [0.1, 0.15) is 11.8 Å². The van der Waals surface area contributed by atoms with Crippen molar-refractivity contribution in [2.45, 2.75) is 66.1 Å². The SMILES string of the molecule is CC[C@@H](C(=O)NC(C)C)N(Cc1ccc(OC)cc1)C(=O)Cc1cc(C)ccc1C. The number of hydrogen-bond donors (Lipinski definition) is 1. The van der Waals surface area contributed by atoms with Crippen LogP contribution in [0.15, 0.2) is 42.5 Å². The van der Waals surface area contributed by atoms with E-state index in [4.69, 9.17) is 4.74 Å². The van der Waals surface area contributed by atoms with Gasteiger partial charge in [0.2, 0.25) is 11.8 Å². The van der Waals surface area contributed by atoms with Crippen molar-refractivity contribution >= 4 is 11.8 Å². The molecule has 0 saturated heterocycles. The van der Waals surface area contributed by atoms with Gasteiger partial charge in [0.15, 0.2) is 0 Å². The molecule has 5 nitrogen and oxygen atoms in total. The van der Waals surface area contributed by atoms with Gasteiger partial charge in [0, 0.05) is 12.6 Å². The van der Waals surface area contributed by atoms with E-state index in [0.29, 0.717) is 13.0 Å². The summed E-state index contributed by atoms with van der Waals surface area (Å²) in [6.07, 6.45) is 0.822. The number of methoxy groups -OCH3 is 1. The highest BCUT2D eigenvalue weighted by molar-refractivity contribution is 5.88. The molecular formula is C25H34N2O3. The summed E-state index contributed by atoms with van der Waals surface area (Å²) in [5, 5.41) is 2.96. The van der Waals surface area contributed by atoms with Crippen LogP contribution >= 0.6 is 0 Å². The highest BCUT2D eigenvalue weighted by atomic mass is 16.5. The molecule has 1 N–H and O–H groups in total. The van der Waals surface area contributed by atoms with E-state index in [0.717, 1.165) is 28.0 Å². The van der Waals surface area contributed by atoms with Crippen LogP contribution in [0.25, 0.3) is 0 Å². The number of carbonyl (C=O) groups is 2. The molecule has 2 amide bonds. The van der Waals surface area contributed by atoms with Crippen molar-refractivity contribution in [1.29, 1.82) is 0 Å². The topological polar surface area (TPSA) is 58.6 Å². The summed E-state index contributed by atoms with van der Waals surface area (Å²) < 4.78 is 5.23. The summed E-state index contributed by atoms with van der Waals surface area (Å²) in [7, 11) is 1.62. The molecule has 30 heavy (non-hydrogen) atoms. The lowest BCUT2D eigenvalue weighted by molar-refractivity contribution is -0.141. The van der Waals surface area contributed by atoms with Gasteiger partial charge in [-0.15, -0.1) is 0 Å². The lowest BCUT2D eigenvalue weighted by Gasteiger charge is -2.31. The number of nitrogens with one attached hydrogen (secondary N) is 1. The zero-order valence-corrected chi connectivity index (χ0v) is 19.0. The highest BCUT2D eigenvalue weighted by Crippen LogP contribution is 2.19. The summed E-state index contributed by atoms with van der Waals surface area (Å²) in [6, 6.07) is 13.2. The van der Waals surface area contributed by atoms with E-state index in [1.165, 1.54) is 0 Å². The Balaban J connectivity index is 2.33. The van der Waals surface area contributed by atoms with E-state index in [2.05, 4.69) is 5.32 Å². The van der Waals surface area contributed by atoms with Gasteiger partial charge in [0.25, 0.3) is 0 Å². The first-order valence-electron chi connectivity index (χ1n) is 10.5. The zero-order chi connectivity index (χ0) is 22.3. The quantitative estimate of drug-likeness (QED) is 0.674. The van der Waals surface area contributed by atoms with Crippen molar-refractivity contribution in [1.82, 2.24) is 10.2 Å². The molecule has 0 spiro atoms. The van der Waals surface area contributed by atoms with Gasteiger partial charge in [-0.1, -0.05) is 42.8 Å². The molecule has 2 aromatic rings. The van der Waals surface area contributed by atoms with Crippen LogP contribution in [0.2, 0.25) is 0 Å². The van der Waals surface area contributed by atoms with Crippen molar-refractivity contribution < 1.29 is 14.3 Å². The van der Waals surface area contributed by atoms with E-state index in [1.54, 1.807) is 12.0 Å². The molecule has 0 fully saturated rings. The van der Waals surface area contributed by atoms with Gasteiger partial charge in [-0.3, -0.25) is 9.59 Å². The number of aryl methyl sites for hydroxylation is 2. The number of rotatable bonds is 9. The van der Waals surface area contributed by atoms with E-state index in [-0.39, 0.29) is 24.3 Å². The monoisotopic (exact) mass is 410 g/mol. The Morgan fingerprint density at radius 2 is 1.73 bits per heavy atom. The second kappa shape index (κ2) is 10.8. The van der Waals surface area contributed by atoms with Crippen molar-refractivity contribution in [2.24, 2.45) is 0 Å². The van der Waals surface area contributed by atoms with Gasteiger partial charge < -0.3 is 15.0 Å². The summed E-state index contributed by atoms with van der Waals surface area (Å²) in [6.45, 7) is 10.2. The molecule has 0 saturated carbocycles. The van der Waals surface area contributed by atoms with Crippen molar-refractivity contribution in [3.8, 4) is 5.75 Å². The van der Waals surface area contributed by atoms with Gasteiger partial charge in [-0.2, -0.15) is 0 Å². The van der Waals surface area contributed by atoms with E-state index >= 15 is 0 Å². The molecule has 0 aliphatic heterocycles. The molecule has 1 atom stereocenters. The average Bonchev–Trinajstić information content (AvgIpc) is 2.70. The summed E-state index contributed by atoms with van der Waals surface area (Å²) in [5.41, 5.74) is 4.16. The maximum atomic E-state index is 13.4. The molecule has 0 aliphatic rings. The van der Waals surface area contributed by atoms with Crippen LogP contribution in [0.1, 0.15) is 49.4 Å². The first-order valence-corrected chi connectivity index (χ1v) is 10.5. The lowest BCUT2D eigenvalue weighted by Crippen LogP contribution is -2.50. The molecule has 0 unspecified atom stereocenters. The second-order valence-electron chi connectivity index (χ2n) is 8.06. The van der Waals surface area contributed by atoms with Crippen LogP contribution in [-0.2, 0) is 22.6 Å². The van der Waals surface area contributed by atoms with Gasteiger partial charge in [-0.05, 0) is 62.9 Å². The minimum Gasteiger partial charge on any atom is -0.497 e. The van der Waals surface area contributed by atoms with Crippen LogP contribution in [0.5, 0.6) is 5.75 Å². The van der Waals surface area contributed by atoms with Crippen LogP contribution in [0.4, 0.5) is 0 Å². The van der Waals surface area contributed by atoms with Gasteiger partial charge >= 0.3 is 0 Å². The number of carbonyl (C=O) groups excluding carboxylic acids is 2. The van der Waals surface area contributed by atoms with Crippen LogP contribution < -0.4 is 10.1 Å². The normalized spacial score (nSPS) is 11.8. The molecule has 2 aromatic carbocycles. The minimum absolute atomic E-state index is 0.0171. The molecule has 0 heterocycles. The van der Waals surface area contributed by atoms with E-state index in [1.807, 2.05) is 77.1 Å². The van der Waals surface area contributed by atoms with Crippen LogP contribution in [0, 0.1) is 13.8 Å². The predicted molar refractivity (Wildman–Crippen MR) is 121 cm³/mol. The molecule has 0 radical (unpaired) electrons. The molecule has 2 rings (SSSR count). The zero-order valence-electron chi connectivity index (χ0n) is 19.0. The predicted octanol–water partition coefficient (Wildman–Crippen LogP) is 4.19. The molecular weight excluding hydrogens is 376 g/mol. The fourth-order valence-electron chi connectivity index (χ4n) is 3.48. The van der Waals surface area contributed by atoms with Crippen molar-refractivity contribution in [2.75, 3.05) is 7.11 Å². The number of ether oxygens (including phenoxy) is 1. The minimum atomic E-state index is -0.521. The molecule has 0 aromatic heterocycles. The van der Waals surface area contributed by atoms with Crippen LogP contribution in [-0.4, -0.2) is 35.9 Å². The third-order valence-corrected chi connectivity index (χ3v) is 5.18. The fraction of sp³-hybridized carbons (Fsp3) is 0.440. The van der Waals surface area contributed by atoms with E-state index in [9.17, 15) is 9.59 Å². The third kappa shape index (κ3) is 6.34. The van der Waals surface area contributed by atoms with Crippen molar-refractivity contribution in [3.05, 3.63) is 64.7 Å². The van der Waals surface area contributed by atoms with Gasteiger partial charge in [0.05, 0.1) is 13.5 Å². The smallest absolute Gasteiger partial charge is 0.243 e. The molecule has 0 bridgehead atoms. The number of hydrogen-bond acceptors (Lipinski definition) is 3. The summed E-state index contributed by atoms with van der Waals surface area (Å²) >= 11 is 0. The Morgan fingerprint density at radius 1 is 1.07 bits per heavy atom. The van der Waals surface area contributed by atoms with Crippen molar-refractivity contribution in [3.63, 3.8) is 0 Å². The Kier molecular flexibility index (Phi) is 8.46.